The van der Waals surface area contributed by atoms with Crippen LogP contribution in [0, 0.1) is 0 Å². The zero-order valence-electron chi connectivity index (χ0n) is 9.41. The first-order chi connectivity index (χ1) is 8.27. The number of amides is 1. The van der Waals surface area contributed by atoms with Crippen LogP contribution in [0.1, 0.15) is 10.5 Å². The number of carbonyl (C=O) groups is 1. The summed E-state index contributed by atoms with van der Waals surface area (Å²) in [5, 5.41) is 9.40. The van der Waals surface area contributed by atoms with Crippen LogP contribution in [0.25, 0.3) is 0 Å². The molecule has 0 unspecified atom stereocenters. The van der Waals surface area contributed by atoms with E-state index in [0.29, 0.717) is 17.3 Å². The second-order valence-electron chi connectivity index (χ2n) is 3.80. The Balaban J connectivity index is 1.71. The van der Waals surface area contributed by atoms with Gasteiger partial charge in [0.05, 0.1) is 24.4 Å². The first-order valence-corrected chi connectivity index (χ1v) is 5.92. The molecule has 2 N–H and O–H groups in total. The zero-order chi connectivity index (χ0) is 12.1. The van der Waals surface area contributed by atoms with Gasteiger partial charge in [0.25, 0.3) is 5.91 Å². The Morgan fingerprint density at radius 3 is 3.00 bits per heavy atom. The number of halogens is 1. The molecule has 1 fully saturated rings. The summed E-state index contributed by atoms with van der Waals surface area (Å²) in [6.45, 7) is 4.77. The number of nitrogens with zero attached hydrogens (tertiary/aromatic N) is 2. The van der Waals surface area contributed by atoms with Gasteiger partial charge in [-0.1, -0.05) is 11.6 Å². The fraction of sp³-hybridized carbons (Fsp3) is 0.600. The molecular weight excluding hydrogens is 244 g/mol. The largest absolute Gasteiger partial charge is 0.379 e. The maximum Gasteiger partial charge on any atom is 0.270 e. The van der Waals surface area contributed by atoms with E-state index in [-0.39, 0.29) is 5.91 Å². The van der Waals surface area contributed by atoms with Gasteiger partial charge in [-0.3, -0.25) is 14.8 Å². The standard InChI is InChI=1S/C10H15ClN4O2/c11-8-7-13-14-9(8)10(16)12-1-2-15-3-5-17-6-4-15/h7H,1-6H2,(H,12,16)(H,13,14). The van der Waals surface area contributed by atoms with E-state index in [2.05, 4.69) is 20.4 Å². The van der Waals surface area contributed by atoms with Crippen LogP contribution in [-0.4, -0.2) is 60.4 Å². The number of hydrogen-bond acceptors (Lipinski definition) is 4. The lowest BCUT2D eigenvalue weighted by Crippen LogP contribution is -2.41. The molecule has 0 spiro atoms. The Morgan fingerprint density at radius 1 is 1.59 bits per heavy atom. The Labute approximate surface area is 104 Å². The molecule has 2 rings (SSSR count). The number of morpholine rings is 1. The topological polar surface area (TPSA) is 70.2 Å². The van der Waals surface area contributed by atoms with Crippen molar-refractivity contribution in [2.24, 2.45) is 0 Å². The second kappa shape index (κ2) is 6.00. The van der Waals surface area contributed by atoms with Crippen molar-refractivity contribution in [1.29, 1.82) is 0 Å². The molecule has 1 aliphatic rings. The van der Waals surface area contributed by atoms with Crippen molar-refractivity contribution in [2.45, 2.75) is 0 Å². The van der Waals surface area contributed by atoms with Gasteiger partial charge >= 0.3 is 0 Å². The van der Waals surface area contributed by atoms with Gasteiger partial charge in [0.15, 0.2) is 0 Å². The molecule has 0 atom stereocenters. The van der Waals surface area contributed by atoms with Crippen LogP contribution in [0.5, 0.6) is 0 Å². The average molecular weight is 259 g/mol. The molecule has 1 amide bonds. The molecule has 6 nitrogen and oxygen atoms in total. The lowest BCUT2D eigenvalue weighted by Gasteiger charge is -2.26. The summed E-state index contributed by atoms with van der Waals surface area (Å²) in [5.74, 6) is -0.222. The van der Waals surface area contributed by atoms with E-state index in [1.54, 1.807) is 0 Å². The van der Waals surface area contributed by atoms with Crippen LogP contribution < -0.4 is 5.32 Å². The fourth-order valence-electron chi connectivity index (χ4n) is 1.67. The van der Waals surface area contributed by atoms with Crippen LogP contribution in [0.3, 0.4) is 0 Å². The minimum Gasteiger partial charge on any atom is -0.379 e. The first-order valence-electron chi connectivity index (χ1n) is 5.54. The monoisotopic (exact) mass is 258 g/mol. The van der Waals surface area contributed by atoms with Crippen LogP contribution in [0.4, 0.5) is 0 Å². The van der Waals surface area contributed by atoms with Crippen molar-refractivity contribution in [3.8, 4) is 0 Å². The second-order valence-corrected chi connectivity index (χ2v) is 4.21. The molecule has 0 saturated carbocycles. The summed E-state index contributed by atoms with van der Waals surface area (Å²) in [5.41, 5.74) is 0.314. The van der Waals surface area contributed by atoms with Gasteiger partial charge in [0.2, 0.25) is 0 Å². The Hall–Kier alpha value is -1.11. The molecule has 2 heterocycles. The molecule has 0 aromatic carbocycles. The Bertz CT molecular complexity index is 376. The number of ether oxygens (including phenoxy) is 1. The normalized spacial score (nSPS) is 17.0. The van der Waals surface area contributed by atoms with E-state index in [9.17, 15) is 4.79 Å². The third-order valence-electron chi connectivity index (χ3n) is 2.64. The van der Waals surface area contributed by atoms with Gasteiger partial charge in [-0.2, -0.15) is 5.10 Å². The smallest absolute Gasteiger partial charge is 0.270 e. The summed E-state index contributed by atoms with van der Waals surface area (Å²) < 4.78 is 5.24. The van der Waals surface area contributed by atoms with E-state index in [4.69, 9.17) is 16.3 Å². The molecule has 94 valence electrons. The third kappa shape index (κ3) is 3.42. The van der Waals surface area contributed by atoms with Crippen LogP contribution in [0.2, 0.25) is 5.02 Å². The summed E-state index contributed by atoms with van der Waals surface area (Å²) >= 11 is 5.78. The Morgan fingerprint density at radius 2 is 2.35 bits per heavy atom. The Kier molecular flexibility index (Phi) is 4.36. The SMILES string of the molecule is O=C(NCCN1CCOCC1)c1[nH]ncc1Cl. The van der Waals surface area contributed by atoms with E-state index in [0.717, 1.165) is 32.8 Å². The highest BCUT2D eigenvalue weighted by Gasteiger charge is 2.13. The highest BCUT2D eigenvalue weighted by Crippen LogP contribution is 2.10. The number of rotatable bonds is 4. The molecule has 1 saturated heterocycles. The van der Waals surface area contributed by atoms with Crippen molar-refractivity contribution in [1.82, 2.24) is 20.4 Å². The van der Waals surface area contributed by atoms with E-state index < -0.39 is 0 Å². The number of aromatic nitrogens is 2. The van der Waals surface area contributed by atoms with Crippen molar-refractivity contribution in [3.63, 3.8) is 0 Å². The number of aromatic amines is 1. The van der Waals surface area contributed by atoms with Crippen LogP contribution in [-0.2, 0) is 4.74 Å². The number of H-pyrrole nitrogens is 1. The van der Waals surface area contributed by atoms with Gasteiger partial charge in [-0.05, 0) is 0 Å². The molecule has 7 heteroatoms. The van der Waals surface area contributed by atoms with Crippen molar-refractivity contribution in [3.05, 3.63) is 16.9 Å². The van der Waals surface area contributed by atoms with Crippen LogP contribution >= 0.6 is 11.6 Å². The fourth-order valence-corrected chi connectivity index (χ4v) is 1.85. The number of hydrogen-bond donors (Lipinski definition) is 2. The summed E-state index contributed by atoms with van der Waals surface area (Å²) in [4.78, 5) is 13.9. The molecule has 0 radical (unpaired) electrons. The van der Waals surface area contributed by atoms with Crippen molar-refractivity contribution < 1.29 is 9.53 Å². The lowest BCUT2D eigenvalue weighted by molar-refractivity contribution is 0.0383. The van der Waals surface area contributed by atoms with Gasteiger partial charge in [0, 0.05) is 26.2 Å². The van der Waals surface area contributed by atoms with Gasteiger partial charge in [-0.25, -0.2) is 0 Å². The van der Waals surface area contributed by atoms with Crippen LogP contribution in [0.15, 0.2) is 6.20 Å². The van der Waals surface area contributed by atoms with E-state index in [1.807, 2.05) is 0 Å². The molecule has 0 bridgehead atoms. The molecule has 1 aromatic rings. The highest BCUT2D eigenvalue weighted by molar-refractivity contribution is 6.33. The molecule has 1 aromatic heterocycles. The summed E-state index contributed by atoms with van der Waals surface area (Å²) in [6, 6.07) is 0. The summed E-state index contributed by atoms with van der Waals surface area (Å²) in [7, 11) is 0. The van der Waals surface area contributed by atoms with E-state index >= 15 is 0 Å². The van der Waals surface area contributed by atoms with Gasteiger partial charge in [-0.15, -0.1) is 0 Å². The molecular formula is C10H15ClN4O2. The maximum atomic E-state index is 11.7. The quantitative estimate of drug-likeness (QED) is 0.805. The van der Waals surface area contributed by atoms with Crippen molar-refractivity contribution in [2.75, 3.05) is 39.4 Å². The van der Waals surface area contributed by atoms with E-state index in [1.165, 1.54) is 6.20 Å². The van der Waals surface area contributed by atoms with Crippen molar-refractivity contribution >= 4 is 17.5 Å². The summed E-state index contributed by atoms with van der Waals surface area (Å²) in [6.07, 6.45) is 1.42. The minimum atomic E-state index is -0.222. The van der Waals surface area contributed by atoms with Gasteiger partial charge in [0.1, 0.15) is 5.69 Å². The third-order valence-corrected chi connectivity index (χ3v) is 2.92. The average Bonchev–Trinajstić information content (AvgIpc) is 2.77. The maximum absolute atomic E-state index is 11.7. The predicted molar refractivity (Wildman–Crippen MR) is 63.2 cm³/mol. The minimum absolute atomic E-state index is 0.222. The highest BCUT2D eigenvalue weighted by atomic mass is 35.5. The van der Waals surface area contributed by atoms with Gasteiger partial charge < -0.3 is 10.1 Å². The number of carbonyl (C=O) groups excluding carboxylic acids is 1. The number of nitrogens with one attached hydrogen (secondary N) is 2. The molecule has 0 aliphatic carbocycles. The zero-order valence-corrected chi connectivity index (χ0v) is 10.2. The predicted octanol–water partition coefficient (Wildman–Crippen LogP) is 0.125. The molecule has 1 aliphatic heterocycles. The lowest BCUT2D eigenvalue weighted by atomic mass is 10.4. The first kappa shape index (κ1) is 12.3. The molecule has 17 heavy (non-hydrogen) atoms.